The van der Waals surface area contributed by atoms with Crippen LogP contribution >= 0.6 is 11.8 Å². The van der Waals surface area contributed by atoms with Crippen LogP contribution in [0.1, 0.15) is 50.1 Å². The minimum atomic E-state index is -0.0583. The fraction of sp³-hybridized carbons (Fsp3) is 0.364. The van der Waals surface area contributed by atoms with Crippen molar-refractivity contribution in [2.24, 2.45) is 5.92 Å². The van der Waals surface area contributed by atoms with Crippen LogP contribution < -0.4 is 10.2 Å². The highest BCUT2D eigenvalue weighted by Gasteiger charge is 2.34. The van der Waals surface area contributed by atoms with E-state index < -0.39 is 0 Å². The zero-order valence-corrected chi connectivity index (χ0v) is 17.0. The van der Waals surface area contributed by atoms with Crippen LogP contribution in [0.15, 0.2) is 48.5 Å². The number of hydrogen-bond donors (Lipinski definition) is 1. The lowest BCUT2D eigenvalue weighted by Crippen LogP contribution is -2.27. The topological polar surface area (TPSA) is 49.4 Å². The molecule has 1 aliphatic heterocycles. The highest BCUT2D eigenvalue weighted by Crippen LogP contribution is 2.42. The summed E-state index contributed by atoms with van der Waals surface area (Å²) in [5.74, 6) is 1.01. The minimum absolute atomic E-state index is 0.0000351. The predicted octanol–water partition coefficient (Wildman–Crippen LogP) is 5.18. The van der Waals surface area contributed by atoms with Gasteiger partial charge in [-0.1, -0.05) is 52.0 Å². The van der Waals surface area contributed by atoms with Gasteiger partial charge in [0.15, 0.2) is 0 Å². The van der Waals surface area contributed by atoms with Gasteiger partial charge in [0.25, 0.3) is 0 Å². The van der Waals surface area contributed by atoms with Gasteiger partial charge < -0.3 is 5.32 Å². The maximum atomic E-state index is 12.5. The van der Waals surface area contributed by atoms with Crippen molar-refractivity contribution in [1.29, 1.82) is 0 Å². The molecular weight excluding hydrogens is 356 g/mol. The van der Waals surface area contributed by atoms with Crippen molar-refractivity contribution in [3.8, 4) is 0 Å². The molecule has 142 valence electrons. The fourth-order valence-electron chi connectivity index (χ4n) is 2.99. The third-order valence-corrected chi connectivity index (χ3v) is 5.91. The lowest BCUT2D eigenvalue weighted by Gasteiger charge is -2.25. The van der Waals surface area contributed by atoms with E-state index >= 15 is 0 Å². The van der Waals surface area contributed by atoms with Crippen molar-refractivity contribution in [1.82, 2.24) is 0 Å². The van der Waals surface area contributed by atoms with Crippen LogP contribution in [0.4, 0.5) is 11.4 Å². The van der Waals surface area contributed by atoms with Gasteiger partial charge in [-0.25, -0.2) is 0 Å². The molecule has 1 fully saturated rings. The summed E-state index contributed by atoms with van der Waals surface area (Å²) in [5, 5.41) is 2.86. The van der Waals surface area contributed by atoms with Crippen LogP contribution in [0, 0.1) is 5.92 Å². The van der Waals surface area contributed by atoms with E-state index in [9.17, 15) is 9.59 Å². The molecule has 27 heavy (non-hydrogen) atoms. The highest BCUT2D eigenvalue weighted by molar-refractivity contribution is 8.00. The smallest absolute Gasteiger partial charge is 0.238 e. The lowest BCUT2D eigenvalue weighted by atomic mass is 10.0. The van der Waals surface area contributed by atoms with E-state index in [0.717, 1.165) is 16.9 Å². The molecule has 5 heteroatoms. The van der Waals surface area contributed by atoms with Gasteiger partial charge in [0.1, 0.15) is 5.37 Å². The summed E-state index contributed by atoms with van der Waals surface area (Å²) in [6, 6.07) is 16.0. The Bertz CT molecular complexity index is 813. The number of carbonyl (C=O) groups is 2. The van der Waals surface area contributed by atoms with E-state index in [-0.39, 0.29) is 23.1 Å². The van der Waals surface area contributed by atoms with Crippen molar-refractivity contribution in [3.63, 3.8) is 0 Å². The molecule has 0 radical (unpaired) electrons. The molecule has 0 bridgehead atoms. The monoisotopic (exact) mass is 382 g/mol. The summed E-state index contributed by atoms with van der Waals surface area (Å²) in [6.07, 6.45) is 0. The second-order valence-corrected chi connectivity index (χ2v) is 8.51. The van der Waals surface area contributed by atoms with Gasteiger partial charge in [0, 0.05) is 17.3 Å². The number of hydrogen-bond acceptors (Lipinski definition) is 3. The van der Waals surface area contributed by atoms with Crippen molar-refractivity contribution < 1.29 is 9.59 Å². The molecule has 0 aromatic heterocycles. The molecule has 2 aromatic rings. The number of amides is 2. The SMILES string of the molecule is CC(C)C(=O)Nc1ccc(C2SCC(=O)N2c2ccc(C(C)C)cc2)cc1. The summed E-state index contributed by atoms with van der Waals surface area (Å²) < 4.78 is 0. The summed E-state index contributed by atoms with van der Waals surface area (Å²) in [6.45, 7) is 8.06. The van der Waals surface area contributed by atoms with Crippen molar-refractivity contribution in [2.45, 2.75) is 39.0 Å². The Hall–Kier alpha value is -2.27. The Labute approximate surface area is 165 Å². The molecule has 0 saturated carbocycles. The summed E-state index contributed by atoms with van der Waals surface area (Å²) >= 11 is 1.63. The molecule has 1 aliphatic rings. The molecule has 1 saturated heterocycles. The first kappa shape index (κ1) is 19.5. The van der Waals surface area contributed by atoms with E-state index in [1.54, 1.807) is 11.8 Å². The molecule has 4 nitrogen and oxygen atoms in total. The van der Waals surface area contributed by atoms with Gasteiger partial charge in [-0.3, -0.25) is 14.5 Å². The van der Waals surface area contributed by atoms with Crippen LogP contribution in [-0.4, -0.2) is 17.6 Å². The highest BCUT2D eigenvalue weighted by atomic mass is 32.2. The van der Waals surface area contributed by atoms with Gasteiger partial charge in [-0.05, 0) is 41.3 Å². The number of benzene rings is 2. The molecule has 1 N–H and O–H groups in total. The number of carbonyl (C=O) groups excluding carboxylic acids is 2. The van der Waals surface area contributed by atoms with E-state index in [1.165, 1.54) is 5.56 Å². The normalized spacial score (nSPS) is 17.0. The minimum Gasteiger partial charge on any atom is -0.326 e. The number of anilines is 2. The zero-order valence-electron chi connectivity index (χ0n) is 16.2. The van der Waals surface area contributed by atoms with E-state index in [2.05, 4.69) is 31.3 Å². The molecule has 1 unspecified atom stereocenters. The Kier molecular flexibility index (Phi) is 5.90. The second kappa shape index (κ2) is 8.17. The molecular formula is C22H26N2O2S. The quantitative estimate of drug-likeness (QED) is 0.775. The van der Waals surface area contributed by atoms with E-state index in [0.29, 0.717) is 11.7 Å². The van der Waals surface area contributed by atoms with Crippen LogP contribution in [0.3, 0.4) is 0 Å². The number of rotatable bonds is 5. The average Bonchev–Trinajstić information content (AvgIpc) is 3.03. The molecule has 2 amide bonds. The van der Waals surface area contributed by atoms with Gasteiger partial charge in [0.2, 0.25) is 11.8 Å². The van der Waals surface area contributed by atoms with E-state index in [4.69, 9.17) is 0 Å². The molecule has 1 heterocycles. The molecule has 2 aromatic carbocycles. The Morgan fingerprint density at radius 1 is 1.04 bits per heavy atom. The maximum absolute atomic E-state index is 12.5. The van der Waals surface area contributed by atoms with E-state index in [1.807, 2.05) is 55.1 Å². The zero-order chi connectivity index (χ0) is 19.6. The Morgan fingerprint density at radius 2 is 1.67 bits per heavy atom. The first-order valence-electron chi connectivity index (χ1n) is 9.31. The van der Waals surface area contributed by atoms with Gasteiger partial charge in [0.05, 0.1) is 5.75 Å². The van der Waals surface area contributed by atoms with Crippen LogP contribution in [0.25, 0.3) is 0 Å². The maximum Gasteiger partial charge on any atom is 0.238 e. The Balaban J connectivity index is 1.80. The molecule has 0 aliphatic carbocycles. The summed E-state index contributed by atoms with van der Waals surface area (Å²) in [5.41, 5.74) is 4.03. The van der Waals surface area contributed by atoms with Gasteiger partial charge in [-0.2, -0.15) is 0 Å². The summed E-state index contributed by atoms with van der Waals surface area (Å²) in [7, 11) is 0. The largest absolute Gasteiger partial charge is 0.326 e. The standard InChI is InChI=1S/C22H26N2O2S/c1-14(2)16-7-11-19(12-8-16)24-20(25)13-27-22(24)17-5-9-18(10-6-17)23-21(26)15(3)4/h5-12,14-15,22H,13H2,1-4H3,(H,23,26). The Morgan fingerprint density at radius 3 is 2.22 bits per heavy atom. The third-order valence-electron chi connectivity index (χ3n) is 4.69. The first-order chi connectivity index (χ1) is 12.9. The van der Waals surface area contributed by atoms with Crippen LogP contribution in [0.5, 0.6) is 0 Å². The van der Waals surface area contributed by atoms with Gasteiger partial charge >= 0.3 is 0 Å². The summed E-state index contributed by atoms with van der Waals surface area (Å²) in [4.78, 5) is 26.2. The predicted molar refractivity (Wildman–Crippen MR) is 113 cm³/mol. The molecule has 3 rings (SSSR count). The number of nitrogens with one attached hydrogen (secondary N) is 1. The first-order valence-corrected chi connectivity index (χ1v) is 10.4. The average molecular weight is 383 g/mol. The molecule has 1 atom stereocenters. The second-order valence-electron chi connectivity index (χ2n) is 7.44. The van der Waals surface area contributed by atoms with Crippen molar-refractivity contribution in [3.05, 3.63) is 59.7 Å². The number of nitrogens with zero attached hydrogens (tertiary/aromatic N) is 1. The lowest BCUT2D eigenvalue weighted by molar-refractivity contribution is -0.119. The van der Waals surface area contributed by atoms with Crippen molar-refractivity contribution >= 4 is 35.0 Å². The third kappa shape index (κ3) is 4.35. The van der Waals surface area contributed by atoms with Gasteiger partial charge in [-0.15, -0.1) is 11.8 Å². The van der Waals surface area contributed by atoms with Crippen molar-refractivity contribution in [2.75, 3.05) is 16.0 Å². The number of thioether (sulfide) groups is 1. The van der Waals surface area contributed by atoms with Crippen LogP contribution in [0.2, 0.25) is 0 Å². The molecule has 0 spiro atoms. The van der Waals surface area contributed by atoms with Crippen LogP contribution in [-0.2, 0) is 9.59 Å². The fourth-order valence-corrected chi connectivity index (χ4v) is 4.16.